The van der Waals surface area contributed by atoms with Crippen molar-refractivity contribution in [2.24, 2.45) is 0 Å². The van der Waals surface area contributed by atoms with Crippen LogP contribution in [-0.4, -0.2) is 34.4 Å². The van der Waals surface area contributed by atoms with Gasteiger partial charge in [0.05, 0.1) is 0 Å². The van der Waals surface area contributed by atoms with E-state index >= 15 is 0 Å². The Morgan fingerprint density at radius 3 is 2.57 bits per heavy atom. The summed E-state index contributed by atoms with van der Waals surface area (Å²) in [6.07, 6.45) is 13.1. The Kier molecular flexibility index (Phi) is 5.31. The first kappa shape index (κ1) is 16.4. The first-order valence-corrected chi connectivity index (χ1v) is 9.15. The maximum Gasteiger partial charge on any atom is 0.240 e. The van der Waals surface area contributed by atoms with E-state index in [-0.39, 0.29) is 11.4 Å². The lowest BCUT2D eigenvalue weighted by Gasteiger charge is -2.46. The Balaban J connectivity index is 1.71. The van der Waals surface area contributed by atoms with Crippen molar-refractivity contribution in [3.63, 3.8) is 0 Å². The summed E-state index contributed by atoms with van der Waals surface area (Å²) in [5.74, 6) is 0.246. The lowest BCUT2D eigenvalue weighted by molar-refractivity contribution is -0.137. The molecular weight excluding hydrogens is 286 g/mol. The van der Waals surface area contributed by atoms with Crippen LogP contribution < -0.4 is 5.32 Å². The van der Waals surface area contributed by atoms with Gasteiger partial charge in [-0.25, -0.2) is 0 Å². The summed E-state index contributed by atoms with van der Waals surface area (Å²) in [5.41, 5.74) is 2.06. The number of carbonyl (C=O) groups excluding carboxylic acids is 1. The number of rotatable bonds is 4. The summed E-state index contributed by atoms with van der Waals surface area (Å²) in [7, 11) is 0. The summed E-state index contributed by atoms with van der Waals surface area (Å²) in [5, 5.41) is 3.24. The predicted molar refractivity (Wildman–Crippen MR) is 92.1 cm³/mol. The Labute approximate surface area is 139 Å². The van der Waals surface area contributed by atoms with E-state index in [1.165, 1.54) is 38.5 Å². The first-order valence-electron chi connectivity index (χ1n) is 9.15. The van der Waals surface area contributed by atoms with Crippen LogP contribution in [0.15, 0.2) is 18.5 Å². The minimum Gasteiger partial charge on any atom is -0.350 e. The van der Waals surface area contributed by atoms with Crippen LogP contribution in [0.1, 0.15) is 62.5 Å². The summed E-state index contributed by atoms with van der Waals surface area (Å²) in [6, 6.07) is 2.00. The minimum atomic E-state index is -0.250. The average Bonchev–Trinajstić information content (AvgIpc) is 2.62. The molecule has 4 nitrogen and oxygen atoms in total. The average molecular weight is 315 g/mol. The highest BCUT2D eigenvalue weighted by molar-refractivity contribution is 5.86. The summed E-state index contributed by atoms with van der Waals surface area (Å²) >= 11 is 0. The van der Waals surface area contributed by atoms with Crippen LogP contribution in [0.5, 0.6) is 0 Å². The normalized spacial score (nSPS) is 21.8. The van der Waals surface area contributed by atoms with Gasteiger partial charge in [0.1, 0.15) is 5.54 Å². The molecule has 1 saturated heterocycles. The number of carbonyl (C=O) groups is 1. The van der Waals surface area contributed by atoms with Gasteiger partial charge < -0.3 is 5.32 Å². The quantitative estimate of drug-likeness (QED) is 0.928. The summed E-state index contributed by atoms with van der Waals surface area (Å²) in [4.78, 5) is 19.8. The number of hydrogen-bond acceptors (Lipinski definition) is 3. The molecule has 0 spiro atoms. The van der Waals surface area contributed by atoms with Gasteiger partial charge in [-0.2, -0.15) is 0 Å². The number of piperidine rings is 1. The molecule has 1 aromatic rings. The fourth-order valence-electron chi connectivity index (χ4n) is 4.19. The molecule has 2 fully saturated rings. The largest absolute Gasteiger partial charge is 0.350 e. The molecule has 0 unspecified atom stereocenters. The predicted octanol–water partition coefficient (Wildman–Crippen LogP) is 3.20. The van der Waals surface area contributed by atoms with Crippen molar-refractivity contribution < 1.29 is 4.79 Å². The molecule has 0 radical (unpaired) electrons. The third kappa shape index (κ3) is 3.57. The van der Waals surface area contributed by atoms with Gasteiger partial charge in [0.25, 0.3) is 0 Å². The molecule has 1 aliphatic heterocycles. The lowest BCUT2D eigenvalue weighted by atomic mass is 9.78. The number of amides is 1. The van der Waals surface area contributed by atoms with Crippen molar-refractivity contribution in [3.05, 3.63) is 29.6 Å². The van der Waals surface area contributed by atoms with E-state index in [1.54, 1.807) is 6.20 Å². The van der Waals surface area contributed by atoms with Crippen LogP contribution in [0.4, 0.5) is 0 Å². The molecule has 0 atom stereocenters. The SMILES string of the molecule is Cc1cnccc1CNC(=O)C1(N2CCCCC2)CCCCC1. The van der Waals surface area contributed by atoms with Crippen LogP contribution in [0.25, 0.3) is 0 Å². The molecule has 1 aliphatic carbocycles. The summed E-state index contributed by atoms with van der Waals surface area (Å²) in [6.45, 7) is 4.84. The fraction of sp³-hybridized carbons (Fsp3) is 0.684. The molecule has 4 heteroatoms. The van der Waals surface area contributed by atoms with Gasteiger partial charge in [0, 0.05) is 18.9 Å². The molecule has 1 aromatic heterocycles. The molecule has 23 heavy (non-hydrogen) atoms. The van der Waals surface area contributed by atoms with Gasteiger partial charge in [-0.15, -0.1) is 0 Å². The monoisotopic (exact) mass is 315 g/mol. The zero-order valence-corrected chi connectivity index (χ0v) is 14.3. The van der Waals surface area contributed by atoms with E-state index in [0.717, 1.165) is 37.1 Å². The Bertz CT molecular complexity index is 531. The van der Waals surface area contributed by atoms with Crippen LogP contribution in [0.2, 0.25) is 0 Å². The third-order valence-corrected chi connectivity index (χ3v) is 5.64. The number of pyridine rings is 1. The van der Waals surface area contributed by atoms with E-state index in [0.29, 0.717) is 6.54 Å². The van der Waals surface area contributed by atoms with E-state index in [9.17, 15) is 4.79 Å². The van der Waals surface area contributed by atoms with Gasteiger partial charge in [0.15, 0.2) is 0 Å². The Morgan fingerprint density at radius 2 is 1.87 bits per heavy atom. The molecule has 0 bridgehead atoms. The maximum absolute atomic E-state index is 13.1. The zero-order chi connectivity index (χ0) is 16.1. The highest BCUT2D eigenvalue weighted by atomic mass is 16.2. The second-order valence-electron chi connectivity index (χ2n) is 7.12. The van der Waals surface area contributed by atoms with E-state index in [2.05, 4.69) is 22.1 Å². The van der Waals surface area contributed by atoms with Gasteiger partial charge in [-0.3, -0.25) is 14.7 Å². The topological polar surface area (TPSA) is 45.2 Å². The van der Waals surface area contributed by atoms with Gasteiger partial charge in [-0.1, -0.05) is 25.7 Å². The molecule has 126 valence electrons. The number of nitrogens with one attached hydrogen (secondary N) is 1. The maximum atomic E-state index is 13.1. The molecule has 2 aliphatic rings. The van der Waals surface area contributed by atoms with Crippen molar-refractivity contribution in [2.75, 3.05) is 13.1 Å². The van der Waals surface area contributed by atoms with E-state index in [4.69, 9.17) is 0 Å². The summed E-state index contributed by atoms with van der Waals surface area (Å²) < 4.78 is 0. The number of aryl methyl sites for hydroxylation is 1. The second-order valence-corrected chi connectivity index (χ2v) is 7.12. The van der Waals surface area contributed by atoms with Crippen molar-refractivity contribution in [1.29, 1.82) is 0 Å². The van der Waals surface area contributed by atoms with Crippen LogP contribution in [0.3, 0.4) is 0 Å². The lowest BCUT2D eigenvalue weighted by Crippen LogP contribution is -2.60. The van der Waals surface area contributed by atoms with Crippen LogP contribution in [0, 0.1) is 6.92 Å². The molecule has 1 N–H and O–H groups in total. The van der Waals surface area contributed by atoms with Crippen molar-refractivity contribution in [2.45, 2.75) is 70.4 Å². The van der Waals surface area contributed by atoms with Crippen LogP contribution in [-0.2, 0) is 11.3 Å². The standard InChI is InChI=1S/C19H29N3O/c1-16-14-20-11-8-17(16)15-21-18(23)19(9-4-2-5-10-19)22-12-6-3-7-13-22/h8,11,14H,2-7,9-10,12-13,15H2,1H3,(H,21,23). The van der Waals surface area contributed by atoms with E-state index < -0.39 is 0 Å². The van der Waals surface area contributed by atoms with E-state index in [1.807, 2.05) is 12.3 Å². The minimum absolute atomic E-state index is 0.246. The van der Waals surface area contributed by atoms with Crippen molar-refractivity contribution in [3.8, 4) is 0 Å². The number of hydrogen-bond donors (Lipinski definition) is 1. The zero-order valence-electron chi connectivity index (χ0n) is 14.3. The number of likely N-dealkylation sites (tertiary alicyclic amines) is 1. The van der Waals surface area contributed by atoms with Gasteiger partial charge in [0.2, 0.25) is 5.91 Å². The molecular formula is C19H29N3O. The van der Waals surface area contributed by atoms with Crippen molar-refractivity contribution in [1.82, 2.24) is 15.2 Å². The molecule has 2 heterocycles. The smallest absolute Gasteiger partial charge is 0.240 e. The molecule has 1 amide bonds. The van der Waals surface area contributed by atoms with Gasteiger partial charge >= 0.3 is 0 Å². The highest BCUT2D eigenvalue weighted by Crippen LogP contribution is 2.36. The molecule has 1 saturated carbocycles. The highest BCUT2D eigenvalue weighted by Gasteiger charge is 2.44. The third-order valence-electron chi connectivity index (χ3n) is 5.64. The van der Waals surface area contributed by atoms with Crippen LogP contribution >= 0.6 is 0 Å². The van der Waals surface area contributed by atoms with Crippen molar-refractivity contribution >= 4 is 5.91 Å². The Hall–Kier alpha value is -1.42. The Morgan fingerprint density at radius 1 is 1.17 bits per heavy atom. The van der Waals surface area contributed by atoms with Gasteiger partial charge in [-0.05, 0) is 62.9 Å². The molecule has 3 rings (SSSR count). The fourth-order valence-corrected chi connectivity index (χ4v) is 4.19. The number of aromatic nitrogens is 1. The first-order chi connectivity index (χ1) is 11.2. The second kappa shape index (κ2) is 7.43. The number of nitrogens with zero attached hydrogens (tertiary/aromatic N) is 2. The molecule has 0 aromatic carbocycles.